The van der Waals surface area contributed by atoms with E-state index in [4.69, 9.17) is 0 Å². The van der Waals surface area contributed by atoms with Gasteiger partial charge in [0.25, 0.3) is 10.2 Å². The SMILES string of the molecule is C[C@@H]1C[C@@H](C)CN(S(=O)(=O)N2CCC[C@H](C(=O)NC3CCCCCCC3)C2)C1. The Morgan fingerprint density at radius 1 is 0.821 bits per heavy atom. The highest BCUT2D eigenvalue weighted by Gasteiger charge is 2.38. The van der Waals surface area contributed by atoms with Crippen LogP contribution in [0.3, 0.4) is 0 Å². The fraction of sp³-hybridized carbons (Fsp3) is 0.952. The molecule has 1 saturated carbocycles. The van der Waals surface area contributed by atoms with Crippen molar-refractivity contribution in [3.63, 3.8) is 0 Å². The summed E-state index contributed by atoms with van der Waals surface area (Å²) in [5, 5.41) is 3.25. The zero-order valence-corrected chi connectivity index (χ0v) is 18.6. The first-order valence-corrected chi connectivity index (χ1v) is 12.8. The number of nitrogens with zero attached hydrogens (tertiary/aromatic N) is 2. The minimum absolute atomic E-state index is 0.0610. The van der Waals surface area contributed by atoms with Crippen LogP contribution in [0.4, 0.5) is 0 Å². The van der Waals surface area contributed by atoms with E-state index in [2.05, 4.69) is 19.2 Å². The van der Waals surface area contributed by atoms with E-state index < -0.39 is 10.2 Å². The average molecular weight is 414 g/mol. The fourth-order valence-corrected chi connectivity index (χ4v) is 7.18. The monoisotopic (exact) mass is 413 g/mol. The molecule has 0 spiro atoms. The van der Waals surface area contributed by atoms with Crippen molar-refractivity contribution >= 4 is 16.1 Å². The normalized spacial score (nSPS) is 32.4. The Kier molecular flexibility index (Phi) is 7.79. The van der Waals surface area contributed by atoms with Gasteiger partial charge in [-0.15, -0.1) is 0 Å². The van der Waals surface area contributed by atoms with Crippen molar-refractivity contribution in [3.8, 4) is 0 Å². The molecule has 3 rings (SSSR count). The van der Waals surface area contributed by atoms with Gasteiger partial charge in [-0.05, 0) is 43.9 Å². The molecule has 3 fully saturated rings. The van der Waals surface area contributed by atoms with Crippen LogP contribution in [0, 0.1) is 17.8 Å². The molecule has 3 aliphatic rings. The summed E-state index contributed by atoms with van der Waals surface area (Å²) in [6, 6.07) is 0.267. The maximum absolute atomic E-state index is 13.2. The summed E-state index contributed by atoms with van der Waals surface area (Å²) in [5.41, 5.74) is 0. The van der Waals surface area contributed by atoms with Gasteiger partial charge in [-0.25, -0.2) is 0 Å². The third kappa shape index (κ3) is 5.70. The molecule has 1 N–H and O–H groups in total. The van der Waals surface area contributed by atoms with Crippen molar-refractivity contribution in [1.82, 2.24) is 13.9 Å². The number of amides is 1. The number of hydrogen-bond donors (Lipinski definition) is 1. The minimum Gasteiger partial charge on any atom is -0.353 e. The molecule has 0 bridgehead atoms. The lowest BCUT2D eigenvalue weighted by Crippen LogP contribution is -2.54. The minimum atomic E-state index is -3.47. The second kappa shape index (κ2) is 9.90. The molecule has 0 aromatic rings. The third-order valence-electron chi connectivity index (χ3n) is 6.69. The zero-order chi connectivity index (χ0) is 20.1. The molecule has 2 aliphatic heterocycles. The van der Waals surface area contributed by atoms with Gasteiger partial charge in [0.15, 0.2) is 0 Å². The molecule has 0 aromatic carbocycles. The van der Waals surface area contributed by atoms with E-state index in [1.165, 1.54) is 32.1 Å². The van der Waals surface area contributed by atoms with Gasteiger partial charge < -0.3 is 5.32 Å². The number of rotatable bonds is 4. The molecule has 28 heavy (non-hydrogen) atoms. The molecule has 1 amide bonds. The van der Waals surface area contributed by atoms with Crippen LogP contribution in [0.1, 0.15) is 78.1 Å². The van der Waals surface area contributed by atoms with Crippen LogP contribution in [0.2, 0.25) is 0 Å². The molecule has 0 aromatic heterocycles. The van der Waals surface area contributed by atoms with Crippen molar-refractivity contribution in [2.24, 2.45) is 17.8 Å². The van der Waals surface area contributed by atoms with E-state index >= 15 is 0 Å². The van der Waals surface area contributed by atoms with Gasteiger partial charge >= 0.3 is 0 Å². The van der Waals surface area contributed by atoms with E-state index in [9.17, 15) is 13.2 Å². The highest BCUT2D eigenvalue weighted by atomic mass is 32.2. The molecular formula is C21H39N3O3S. The first-order valence-electron chi connectivity index (χ1n) is 11.4. The van der Waals surface area contributed by atoms with Crippen molar-refractivity contribution in [2.45, 2.75) is 84.1 Å². The van der Waals surface area contributed by atoms with Gasteiger partial charge in [0.05, 0.1) is 5.92 Å². The molecule has 2 heterocycles. The summed E-state index contributed by atoms with van der Waals surface area (Å²) >= 11 is 0. The molecule has 162 valence electrons. The van der Waals surface area contributed by atoms with E-state index in [1.54, 1.807) is 8.61 Å². The average Bonchev–Trinajstić information content (AvgIpc) is 2.63. The Balaban J connectivity index is 1.58. The Morgan fingerprint density at radius 2 is 1.43 bits per heavy atom. The molecule has 6 nitrogen and oxygen atoms in total. The van der Waals surface area contributed by atoms with Crippen LogP contribution in [-0.4, -0.2) is 55.2 Å². The van der Waals surface area contributed by atoms with Crippen LogP contribution in [-0.2, 0) is 15.0 Å². The van der Waals surface area contributed by atoms with Crippen LogP contribution >= 0.6 is 0 Å². The van der Waals surface area contributed by atoms with Crippen molar-refractivity contribution in [2.75, 3.05) is 26.2 Å². The predicted molar refractivity (Wildman–Crippen MR) is 112 cm³/mol. The van der Waals surface area contributed by atoms with Crippen LogP contribution in [0.25, 0.3) is 0 Å². The van der Waals surface area contributed by atoms with Gasteiger partial charge in [0, 0.05) is 32.2 Å². The Hall–Kier alpha value is -0.660. The number of hydrogen-bond acceptors (Lipinski definition) is 3. The Bertz CT molecular complexity index is 606. The van der Waals surface area contributed by atoms with Crippen molar-refractivity contribution in [1.29, 1.82) is 0 Å². The summed E-state index contributed by atoms with van der Waals surface area (Å²) in [6.07, 6.45) is 10.9. The first kappa shape index (κ1) is 22.0. The number of nitrogens with one attached hydrogen (secondary N) is 1. The van der Waals surface area contributed by atoms with Crippen molar-refractivity contribution in [3.05, 3.63) is 0 Å². The van der Waals surface area contributed by atoms with E-state index in [-0.39, 0.29) is 17.9 Å². The van der Waals surface area contributed by atoms with Crippen LogP contribution < -0.4 is 5.32 Å². The second-order valence-corrected chi connectivity index (χ2v) is 11.4. The predicted octanol–water partition coefficient (Wildman–Crippen LogP) is 3.15. The fourth-order valence-electron chi connectivity index (χ4n) is 5.24. The van der Waals surface area contributed by atoms with Gasteiger partial charge in [0.2, 0.25) is 5.91 Å². The van der Waals surface area contributed by atoms with E-state index in [0.29, 0.717) is 38.0 Å². The Labute approximate surface area is 171 Å². The van der Waals surface area contributed by atoms with Crippen LogP contribution in [0.5, 0.6) is 0 Å². The zero-order valence-electron chi connectivity index (χ0n) is 17.7. The van der Waals surface area contributed by atoms with E-state index in [1.807, 2.05) is 0 Å². The molecule has 0 radical (unpaired) electrons. The molecule has 2 saturated heterocycles. The third-order valence-corrected chi connectivity index (χ3v) is 8.63. The topological polar surface area (TPSA) is 69.7 Å². The summed E-state index contributed by atoms with van der Waals surface area (Å²) in [5.74, 6) is 0.628. The molecule has 3 atom stereocenters. The lowest BCUT2D eigenvalue weighted by Gasteiger charge is -2.39. The molecule has 7 heteroatoms. The standard InChI is InChI=1S/C21H39N3O3S/c1-17-13-18(2)15-24(14-17)28(26,27)23-12-8-9-19(16-23)21(25)22-20-10-6-4-3-5-7-11-20/h17-20H,3-16H2,1-2H3,(H,22,25)/t17-,18-,19+/m1/s1. The largest absolute Gasteiger partial charge is 0.353 e. The van der Waals surface area contributed by atoms with Gasteiger partial charge in [0.1, 0.15) is 0 Å². The summed E-state index contributed by atoms with van der Waals surface area (Å²) in [6.45, 7) is 6.32. The summed E-state index contributed by atoms with van der Waals surface area (Å²) in [4.78, 5) is 12.9. The number of carbonyl (C=O) groups excluding carboxylic acids is 1. The number of piperidine rings is 2. The quantitative estimate of drug-likeness (QED) is 0.770. The highest BCUT2D eigenvalue weighted by molar-refractivity contribution is 7.86. The Morgan fingerprint density at radius 3 is 2.07 bits per heavy atom. The maximum Gasteiger partial charge on any atom is 0.282 e. The lowest BCUT2D eigenvalue weighted by molar-refractivity contribution is -0.127. The molecule has 0 unspecified atom stereocenters. The maximum atomic E-state index is 13.2. The first-order chi connectivity index (χ1) is 13.4. The molecule has 1 aliphatic carbocycles. The summed E-state index contributed by atoms with van der Waals surface area (Å²) < 4.78 is 29.6. The summed E-state index contributed by atoms with van der Waals surface area (Å²) in [7, 11) is -3.47. The van der Waals surface area contributed by atoms with Gasteiger partial charge in [-0.1, -0.05) is 46.0 Å². The lowest BCUT2D eigenvalue weighted by atomic mass is 9.94. The van der Waals surface area contributed by atoms with Crippen LogP contribution in [0.15, 0.2) is 0 Å². The van der Waals surface area contributed by atoms with E-state index in [0.717, 1.165) is 32.1 Å². The van der Waals surface area contributed by atoms with Gasteiger partial charge in [-0.2, -0.15) is 17.0 Å². The second-order valence-electron chi connectivity index (χ2n) is 9.52. The molecular weight excluding hydrogens is 374 g/mol. The van der Waals surface area contributed by atoms with Crippen molar-refractivity contribution < 1.29 is 13.2 Å². The smallest absolute Gasteiger partial charge is 0.282 e. The highest BCUT2D eigenvalue weighted by Crippen LogP contribution is 2.28. The van der Waals surface area contributed by atoms with Gasteiger partial charge in [-0.3, -0.25) is 4.79 Å². The number of carbonyl (C=O) groups is 1.